The van der Waals surface area contributed by atoms with Crippen LogP contribution in [-0.2, 0) is 11.2 Å². The fourth-order valence-electron chi connectivity index (χ4n) is 2.01. The van der Waals surface area contributed by atoms with Crippen molar-refractivity contribution in [1.82, 2.24) is 0 Å². The van der Waals surface area contributed by atoms with Gasteiger partial charge in [0.1, 0.15) is 30.1 Å². The second-order valence-electron chi connectivity index (χ2n) is 4.18. The van der Waals surface area contributed by atoms with E-state index in [0.29, 0.717) is 17.7 Å². The van der Waals surface area contributed by atoms with Crippen molar-refractivity contribution in [2.45, 2.75) is 12.5 Å². The number of halogens is 1. The van der Waals surface area contributed by atoms with Crippen molar-refractivity contribution < 1.29 is 13.6 Å². The van der Waals surface area contributed by atoms with Gasteiger partial charge in [-0.1, -0.05) is 18.2 Å². The highest BCUT2D eigenvalue weighted by Gasteiger charge is 2.27. The molecule has 0 radical (unpaired) electrons. The number of amides is 1. The number of hydrogen-bond acceptors (Lipinski definition) is 3. The summed E-state index contributed by atoms with van der Waals surface area (Å²) in [7, 11) is 0. The zero-order valence-electron chi connectivity index (χ0n) is 9.44. The summed E-state index contributed by atoms with van der Waals surface area (Å²) >= 11 is 0. The number of carbonyl (C=O) groups excluding carboxylic acids is 1. The Labute approximate surface area is 103 Å². The van der Waals surface area contributed by atoms with E-state index in [9.17, 15) is 9.18 Å². The van der Waals surface area contributed by atoms with Crippen molar-refractivity contribution in [3.8, 4) is 0 Å². The van der Waals surface area contributed by atoms with E-state index in [-0.39, 0.29) is 11.7 Å². The molecule has 0 saturated carbocycles. The van der Waals surface area contributed by atoms with Gasteiger partial charge in [-0.2, -0.15) is 0 Å². The molecule has 0 aliphatic carbocycles. The molecule has 2 aromatic rings. The van der Waals surface area contributed by atoms with E-state index < -0.39 is 6.04 Å². The lowest BCUT2D eigenvalue weighted by atomic mass is 10.0. The van der Waals surface area contributed by atoms with Crippen LogP contribution in [0, 0.1) is 5.82 Å². The summed E-state index contributed by atoms with van der Waals surface area (Å²) in [5, 5.41) is 5.74. The standard InChI is InChI=1S/C13H11FN2O2/c14-9-4-2-1-3-8(9)5-10-13(17)16-12-7-18-6-11(12)15-10/h1-4,6-7,10,15H,5H2,(H,16,17). The lowest BCUT2D eigenvalue weighted by Crippen LogP contribution is -2.40. The van der Waals surface area contributed by atoms with Gasteiger partial charge in [-0.25, -0.2) is 4.39 Å². The first-order chi connectivity index (χ1) is 8.74. The van der Waals surface area contributed by atoms with E-state index in [2.05, 4.69) is 10.6 Å². The van der Waals surface area contributed by atoms with Crippen LogP contribution in [0.15, 0.2) is 41.2 Å². The van der Waals surface area contributed by atoms with Gasteiger partial charge in [0.05, 0.1) is 5.69 Å². The zero-order valence-corrected chi connectivity index (χ0v) is 9.44. The van der Waals surface area contributed by atoms with Gasteiger partial charge in [-0.3, -0.25) is 4.79 Å². The summed E-state index contributed by atoms with van der Waals surface area (Å²) in [6.45, 7) is 0. The lowest BCUT2D eigenvalue weighted by molar-refractivity contribution is -0.117. The molecule has 2 N–H and O–H groups in total. The van der Waals surface area contributed by atoms with Crippen LogP contribution >= 0.6 is 0 Å². The van der Waals surface area contributed by atoms with Gasteiger partial charge in [-0.05, 0) is 11.6 Å². The SMILES string of the molecule is O=C1Nc2cocc2NC1Cc1ccccc1F. The number of hydrogen-bond donors (Lipinski definition) is 2. The summed E-state index contributed by atoms with van der Waals surface area (Å²) in [4.78, 5) is 11.8. The van der Waals surface area contributed by atoms with Crippen molar-refractivity contribution in [3.05, 3.63) is 48.2 Å². The number of benzene rings is 1. The van der Waals surface area contributed by atoms with Crippen molar-refractivity contribution in [2.24, 2.45) is 0 Å². The summed E-state index contributed by atoms with van der Waals surface area (Å²) in [5.41, 5.74) is 1.85. The molecular formula is C13H11FN2O2. The molecule has 1 atom stereocenters. The molecule has 5 heteroatoms. The van der Waals surface area contributed by atoms with Crippen LogP contribution in [0.3, 0.4) is 0 Å². The van der Waals surface area contributed by atoms with Crippen LogP contribution in [0.4, 0.5) is 15.8 Å². The molecule has 18 heavy (non-hydrogen) atoms. The van der Waals surface area contributed by atoms with E-state index in [0.717, 1.165) is 5.69 Å². The van der Waals surface area contributed by atoms with Crippen LogP contribution in [0.25, 0.3) is 0 Å². The van der Waals surface area contributed by atoms with Gasteiger partial charge in [0.2, 0.25) is 5.91 Å². The molecule has 1 unspecified atom stereocenters. The van der Waals surface area contributed by atoms with Crippen molar-refractivity contribution in [2.75, 3.05) is 10.6 Å². The first-order valence-electron chi connectivity index (χ1n) is 5.61. The Balaban J connectivity index is 1.82. The normalized spacial score (nSPS) is 17.8. The first kappa shape index (κ1) is 10.8. The molecule has 0 fully saturated rings. The fraction of sp³-hybridized carbons (Fsp3) is 0.154. The van der Waals surface area contributed by atoms with Crippen LogP contribution in [-0.4, -0.2) is 11.9 Å². The Morgan fingerprint density at radius 3 is 2.83 bits per heavy atom. The van der Waals surface area contributed by atoms with Crippen molar-refractivity contribution >= 4 is 17.3 Å². The van der Waals surface area contributed by atoms with E-state index >= 15 is 0 Å². The predicted molar refractivity (Wildman–Crippen MR) is 64.9 cm³/mol. The summed E-state index contributed by atoms with van der Waals surface area (Å²) in [5.74, 6) is -0.489. The van der Waals surface area contributed by atoms with Crippen molar-refractivity contribution in [1.29, 1.82) is 0 Å². The maximum atomic E-state index is 13.5. The summed E-state index contributed by atoms with van der Waals surface area (Å²) in [6, 6.07) is 5.95. The maximum Gasteiger partial charge on any atom is 0.247 e. The molecule has 1 aliphatic rings. The summed E-state index contributed by atoms with van der Waals surface area (Å²) < 4.78 is 18.5. The minimum atomic E-state index is -0.494. The van der Waals surface area contributed by atoms with Gasteiger partial charge in [0.15, 0.2) is 0 Å². The van der Waals surface area contributed by atoms with Crippen LogP contribution < -0.4 is 10.6 Å². The highest BCUT2D eigenvalue weighted by Crippen LogP contribution is 2.28. The molecular weight excluding hydrogens is 235 g/mol. The Hall–Kier alpha value is -2.30. The van der Waals surface area contributed by atoms with E-state index in [4.69, 9.17) is 4.42 Å². The van der Waals surface area contributed by atoms with Crippen LogP contribution in [0.2, 0.25) is 0 Å². The average molecular weight is 246 g/mol. The highest BCUT2D eigenvalue weighted by atomic mass is 19.1. The highest BCUT2D eigenvalue weighted by molar-refractivity contribution is 6.02. The third-order valence-electron chi connectivity index (χ3n) is 2.95. The second-order valence-corrected chi connectivity index (χ2v) is 4.18. The fourth-order valence-corrected chi connectivity index (χ4v) is 2.01. The van der Waals surface area contributed by atoms with E-state index in [1.807, 2.05) is 0 Å². The largest absolute Gasteiger partial charge is 0.468 e. The molecule has 2 heterocycles. The third-order valence-corrected chi connectivity index (χ3v) is 2.95. The Morgan fingerprint density at radius 2 is 2.00 bits per heavy atom. The quantitative estimate of drug-likeness (QED) is 0.855. The molecule has 3 rings (SSSR count). The van der Waals surface area contributed by atoms with E-state index in [1.54, 1.807) is 18.2 Å². The molecule has 4 nitrogen and oxygen atoms in total. The number of furan rings is 1. The molecule has 1 amide bonds. The average Bonchev–Trinajstić information content (AvgIpc) is 2.79. The number of rotatable bonds is 2. The number of carbonyl (C=O) groups is 1. The monoisotopic (exact) mass is 246 g/mol. The predicted octanol–water partition coefficient (Wildman–Crippen LogP) is 2.39. The smallest absolute Gasteiger partial charge is 0.247 e. The number of anilines is 2. The van der Waals surface area contributed by atoms with Crippen LogP contribution in [0.5, 0.6) is 0 Å². The Kier molecular flexibility index (Phi) is 2.51. The maximum absolute atomic E-state index is 13.5. The van der Waals surface area contributed by atoms with Gasteiger partial charge < -0.3 is 15.1 Å². The Bertz CT molecular complexity index is 594. The summed E-state index contributed by atoms with van der Waals surface area (Å²) in [6.07, 6.45) is 3.27. The molecule has 1 aromatic heterocycles. The molecule has 0 saturated heterocycles. The number of nitrogens with one attached hydrogen (secondary N) is 2. The molecule has 1 aliphatic heterocycles. The van der Waals surface area contributed by atoms with Crippen molar-refractivity contribution in [3.63, 3.8) is 0 Å². The second kappa shape index (κ2) is 4.18. The van der Waals surface area contributed by atoms with Gasteiger partial charge in [-0.15, -0.1) is 0 Å². The molecule has 0 bridgehead atoms. The van der Waals surface area contributed by atoms with Crippen LogP contribution in [0.1, 0.15) is 5.56 Å². The topological polar surface area (TPSA) is 54.3 Å². The third kappa shape index (κ3) is 1.84. The van der Waals surface area contributed by atoms with E-state index in [1.165, 1.54) is 18.6 Å². The molecule has 1 aromatic carbocycles. The molecule has 0 spiro atoms. The first-order valence-corrected chi connectivity index (χ1v) is 5.61. The van der Waals surface area contributed by atoms with Gasteiger partial charge in [0.25, 0.3) is 0 Å². The Morgan fingerprint density at radius 1 is 1.22 bits per heavy atom. The van der Waals surface area contributed by atoms with Gasteiger partial charge >= 0.3 is 0 Å². The number of fused-ring (bicyclic) bond motifs is 1. The lowest BCUT2D eigenvalue weighted by Gasteiger charge is -2.24. The molecule has 92 valence electrons. The zero-order chi connectivity index (χ0) is 12.5. The minimum Gasteiger partial charge on any atom is -0.468 e. The van der Waals surface area contributed by atoms with Gasteiger partial charge in [0, 0.05) is 6.42 Å². The minimum absolute atomic E-state index is 0.188.